The average Bonchev–Trinajstić information content (AvgIpc) is 2.85. The zero-order valence-electron chi connectivity index (χ0n) is 7.49. The number of benzene rings is 1. The van der Waals surface area contributed by atoms with Gasteiger partial charge in [0.05, 0.1) is 0 Å². The lowest BCUT2D eigenvalue weighted by atomic mass is 10.1. The van der Waals surface area contributed by atoms with Crippen molar-refractivity contribution in [1.82, 2.24) is 0 Å². The van der Waals surface area contributed by atoms with Crippen molar-refractivity contribution in [2.45, 2.75) is 19.3 Å². The van der Waals surface area contributed by atoms with Gasteiger partial charge < -0.3 is 9.90 Å². The molecule has 1 saturated carbocycles. The zero-order chi connectivity index (χ0) is 9.42. The zero-order valence-corrected chi connectivity index (χ0v) is 7.49. The monoisotopic (exact) mass is 175 g/mol. The minimum Gasteiger partial charge on any atom is -0.550 e. The maximum absolute atomic E-state index is 10.5. The van der Waals surface area contributed by atoms with Crippen molar-refractivity contribution >= 4 is 5.97 Å². The summed E-state index contributed by atoms with van der Waals surface area (Å²) < 4.78 is 0. The van der Waals surface area contributed by atoms with Crippen LogP contribution in [-0.2, 0) is 4.79 Å². The van der Waals surface area contributed by atoms with Gasteiger partial charge >= 0.3 is 0 Å². The second-order valence-corrected chi connectivity index (χ2v) is 3.68. The molecule has 0 aromatic heterocycles. The second-order valence-electron chi connectivity index (χ2n) is 3.68. The van der Waals surface area contributed by atoms with E-state index in [0.29, 0.717) is 0 Å². The molecule has 0 unspecified atom stereocenters. The third kappa shape index (κ3) is 1.57. The Balaban J connectivity index is 2.12. The van der Waals surface area contributed by atoms with Crippen molar-refractivity contribution in [1.29, 1.82) is 0 Å². The first-order valence-electron chi connectivity index (χ1n) is 4.46. The summed E-state index contributed by atoms with van der Waals surface area (Å²) in [5.41, 5.74) is 2.33. The Hall–Kier alpha value is -1.31. The van der Waals surface area contributed by atoms with Gasteiger partial charge in [0.25, 0.3) is 0 Å². The molecule has 2 atom stereocenters. The van der Waals surface area contributed by atoms with Gasteiger partial charge in [-0.25, -0.2) is 0 Å². The summed E-state index contributed by atoms with van der Waals surface area (Å²) >= 11 is 0. The number of hydrogen-bond acceptors (Lipinski definition) is 2. The van der Waals surface area contributed by atoms with Crippen LogP contribution in [-0.4, -0.2) is 5.97 Å². The van der Waals surface area contributed by atoms with Crippen LogP contribution >= 0.6 is 0 Å². The lowest BCUT2D eigenvalue weighted by Crippen LogP contribution is -2.24. The highest BCUT2D eigenvalue weighted by Gasteiger charge is 2.39. The molecular formula is C11H11O2-. The molecule has 0 radical (unpaired) electrons. The van der Waals surface area contributed by atoms with Crippen molar-refractivity contribution in [3.05, 3.63) is 35.4 Å². The van der Waals surface area contributed by atoms with E-state index in [9.17, 15) is 9.90 Å². The molecule has 1 fully saturated rings. The van der Waals surface area contributed by atoms with Crippen molar-refractivity contribution in [3.8, 4) is 0 Å². The van der Waals surface area contributed by atoms with Crippen LogP contribution in [0.15, 0.2) is 24.3 Å². The van der Waals surface area contributed by atoms with E-state index < -0.39 is 5.97 Å². The van der Waals surface area contributed by atoms with Crippen molar-refractivity contribution in [2.75, 3.05) is 0 Å². The largest absolute Gasteiger partial charge is 0.550 e. The van der Waals surface area contributed by atoms with Crippen molar-refractivity contribution in [3.63, 3.8) is 0 Å². The van der Waals surface area contributed by atoms with Gasteiger partial charge in [-0.1, -0.05) is 29.8 Å². The molecule has 1 aliphatic carbocycles. The highest BCUT2D eigenvalue weighted by Crippen LogP contribution is 2.46. The number of carboxylic acids is 1. The quantitative estimate of drug-likeness (QED) is 0.668. The first kappa shape index (κ1) is 8.30. The van der Waals surface area contributed by atoms with Gasteiger partial charge in [-0.05, 0) is 24.8 Å². The molecule has 1 aliphatic rings. The summed E-state index contributed by atoms with van der Waals surface area (Å²) in [6, 6.07) is 8.03. The minimum absolute atomic E-state index is 0.200. The molecule has 0 N–H and O–H groups in total. The molecule has 1 aromatic rings. The Morgan fingerprint density at radius 2 is 2.00 bits per heavy atom. The number of carboxylic acid groups (broad SMARTS) is 1. The minimum atomic E-state index is -0.912. The smallest absolute Gasteiger partial charge is 0.0451 e. The summed E-state index contributed by atoms with van der Waals surface area (Å²) in [4.78, 5) is 10.5. The molecule has 0 bridgehead atoms. The van der Waals surface area contributed by atoms with Crippen LogP contribution in [0.1, 0.15) is 23.5 Å². The fourth-order valence-electron chi connectivity index (χ4n) is 1.64. The maximum Gasteiger partial charge on any atom is 0.0451 e. The van der Waals surface area contributed by atoms with Gasteiger partial charge in [-0.2, -0.15) is 0 Å². The molecular weight excluding hydrogens is 164 g/mol. The van der Waals surface area contributed by atoms with Crippen LogP contribution in [0, 0.1) is 12.8 Å². The van der Waals surface area contributed by atoms with E-state index in [2.05, 4.69) is 0 Å². The first-order chi connectivity index (χ1) is 6.18. The highest BCUT2D eigenvalue weighted by molar-refractivity contribution is 5.73. The molecule has 2 rings (SSSR count). The Morgan fingerprint density at radius 1 is 1.38 bits per heavy atom. The van der Waals surface area contributed by atoms with Crippen LogP contribution < -0.4 is 5.11 Å². The predicted molar refractivity (Wildman–Crippen MR) is 47.0 cm³/mol. The Morgan fingerprint density at radius 3 is 2.46 bits per heavy atom. The lowest BCUT2D eigenvalue weighted by molar-refractivity contribution is -0.308. The van der Waals surface area contributed by atoms with Crippen LogP contribution in [0.2, 0.25) is 0 Å². The summed E-state index contributed by atoms with van der Waals surface area (Å²) in [5, 5.41) is 10.5. The van der Waals surface area contributed by atoms with Gasteiger partial charge in [-0.3, -0.25) is 0 Å². The number of rotatable bonds is 2. The van der Waals surface area contributed by atoms with Gasteiger partial charge in [0.2, 0.25) is 0 Å². The molecule has 13 heavy (non-hydrogen) atoms. The van der Waals surface area contributed by atoms with Gasteiger partial charge in [0.1, 0.15) is 0 Å². The lowest BCUT2D eigenvalue weighted by Gasteiger charge is -2.01. The van der Waals surface area contributed by atoms with E-state index in [1.807, 2.05) is 31.2 Å². The molecule has 2 heteroatoms. The number of carbonyl (C=O) groups is 1. The number of hydrogen-bond donors (Lipinski definition) is 0. The van der Waals surface area contributed by atoms with E-state index in [-0.39, 0.29) is 11.8 Å². The first-order valence-corrected chi connectivity index (χ1v) is 4.46. The molecule has 68 valence electrons. The van der Waals surface area contributed by atoms with Crippen molar-refractivity contribution < 1.29 is 9.90 Å². The SMILES string of the molecule is Cc1ccc([C@@H]2C[C@H]2C(=O)[O-])cc1. The van der Waals surface area contributed by atoms with E-state index in [1.54, 1.807) is 0 Å². The topological polar surface area (TPSA) is 40.1 Å². The summed E-state index contributed by atoms with van der Waals surface area (Å²) in [7, 11) is 0. The van der Waals surface area contributed by atoms with Crippen LogP contribution in [0.4, 0.5) is 0 Å². The average molecular weight is 175 g/mol. The molecule has 0 amide bonds. The number of carbonyl (C=O) groups excluding carboxylic acids is 1. The van der Waals surface area contributed by atoms with Crippen LogP contribution in [0.25, 0.3) is 0 Å². The van der Waals surface area contributed by atoms with Gasteiger partial charge in [0.15, 0.2) is 0 Å². The fraction of sp³-hybridized carbons (Fsp3) is 0.364. The molecule has 0 heterocycles. The highest BCUT2D eigenvalue weighted by atomic mass is 16.4. The van der Waals surface area contributed by atoms with Crippen molar-refractivity contribution in [2.24, 2.45) is 5.92 Å². The second kappa shape index (κ2) is 2.87. The fourth-order valence-corrected chi connectivity index (χ4v) is 1.64. The standard InChI is InChI=1S/C11H12O2/c1-7-2-4-8(5-3-7)9-6-10(9)11(12)13/h2-5,9-10H,6H2,1H3,(H,12,13)/p-1/t9-,10+/m0/s1. The van der Waals surface area contributed by atoms with E-state index >= 15 is 0 Å². The molecule has 1 aromatic carbocycles. The van der Waals surface area contributed by atoms with E-state index in [0.717, 1.165) is 12.0 Å². The van der Waals surface area contributed by atoms with E-state index in [4.69, 9.17) is 0 Å². The van der Waals surface area contributed by atoms with Crippen LogP contribution in [0.3, 0.4) is 0 Å². The number of aliphatic carboxylic acids is 1. The molecule has 2 nitrogen and oxygen atoms in total. The Bertz CT molecular complexity index is 326. The van der Waals surface area contributed by atoms with Crippen LogP contribution in [0.5, 0.6) is 0 Å². The summed E-state index contributed by atoms with van der Waals surface area (Å²) in [6.45, 7) is 2.02. The summed E-state index contributed by atoms with van der Waals surface area (Å²) in [5.74, 6) is -0.959. The Labute approximate surface area is 77.2 Å². The molecule has 0 saturated heterocycles. The third-order valence-electron chi connectivity index (χ3n) is 2.60. The number of aryl methyl sites for hydroxylation is 1. The normalized spacial score (nSPS) is 25.6. The maximum atomic E-state index is 10.5. The third-order valence-corrected chi connectivity index (χ3v) is 2.60. The molecule has 0 aliphatic heterocycles. The van der Waals surface area contributed by atoms with Gasteiger partial charge in [-0.15, -0.1) is 0 Å². The Kier molecular flexibility index (Phi) is 1.83. The molecule has 0 spiro atoms. The predicted octanol–water partition coefficient (Wildman–Crippen LogP) is 0.848. The van der Waals surface area contributed by atoms with E-state index in [1.165, 1.54) is 5.56 Å². The summed E-state index contributed by atoms with van der Waals surface area (Å²) in [6.07, 6.45) is 0.741. The van der Waals surface area contributed by atoms with Gasteiger partial charge in [0, 0.05) is 11.9 Å².